The quantitative estimate of drug-likeness (QED) is 0.408. The van der Waals surface area contributed by atoms with Crippen LogP contribution in [-0.2, 0) is 4.79 Å². The van der Waals surface area contributed by atoms with Crippen LogP contribution < -0.4 is 25.8 Å². The molecule has 0 saturated carbocycles. The first kappa shape index (κ1) is 18.1. The van der Waals surface area contributed by atoms with E-state index in [1.54, 1.807) is 19.2 Å². The minimum atomic E-state index is -0.126. The topological polar surface area (TPSA) is 98.0 Å². The Morgan fingerprint density at radius 2 is 1.84 bits per heavy atom. The van der Waals surface area contributed by atoms with Gasteiger partial charge in [0.05, 0.1) is 13.7 Å². The highest BCUT2D eigenvalue weighted by molar-refractivity contribution is 5.92. The molecule has 0 saturated heterocycles. The molecule has 7 heteroatoms. The van der Waals surface area contributed by atoms with Crippen molar-refractivity contribution in [2.45, 2.75) is 6.92 Å². The summed E-state index contributed by atoms with van der Waals surface area (Å²) in [6, 6.07) is 14.5. The zero-order valence-corrected chi connectivity index (χ0v) is 14.3. The first-order valence-electron chi connectivity index (χ1n) is 7.78. The molecule has 2 aromatic carbocycles. The molecule has 2 aromatic rings. The van der Waals surface area contributed by atoms with E-state index in [1.807, 2.05) is 36.4 Å². The van der Waals surface area contributed by atoms with E-state index in [2.05, 4.69) is 15.6 Å². The van der Waals surface area contributed by atoms with Crippen molar-refractivity contribution < 1.29 is 14.3 Å². The standard InChI is InChI=1S/C18H22N4O3/c1-13(23)21-15-4-3-5-17(12-15)25-11-10-20-18(19)22-14-6-8-16(24-2)9-7-14/h3-9,12H,10-11H2,1-2H3,(H,21,23)(H3,19,20,22). The van der Waals surface area contributed by atoms with Gasteiger partial charge in [0.25, 0.3) is 0 Å². The normalized spacial score (nSPS) is 10.9. The minimum absolute atomic E-state index is 0.126. The van der Waals surface area contributed by atoms with Gasteiger partial charge in [-0.3, -0.25) is 4.79 Å². The number of aliphatic imine (C=N–C) groups is 1. The number of rotatable bonds is 7. The molecule has 25 heavy (non-hydrogen) atoms. The van der Waals surface area contributed by atoms with Crippen molar-refractivity contribution in [2.75, 3.05) is 30.9 Å². The second-order valence-corrected chi connectivity index (χ2v) is 5.18. The van der Waals surface area contributed by atoms with Gasteiger partial charge in [0.1, 0.15) is 18.1 Å². The van der Waals surface area contributed by atoms with Crippen molar-refractivity contribution in [3.05, 3.63) is 48.5 Å². The molecule has 0 bridgehead atoms. The van der Waals surface area contributed by atoms with Gasteiger partial charge in [-0.05, 0) is 36.4 Å². The number of amides is 1. The molecule has 0 radical (unpaired) electrons. The van der Waals surface area contributed by atoms with E-state index >= 15 is 0 Å². The lowest BCUT2D eigenvalue weighted by Gasteiger charge is -2.08. The van der Waals surface area contributed by atoms with Crippen molar-refractivity contribution in [3.8, 4) is 11.5 Å². The Labute approximate surface area is 146 Å². The van der Waals surface area contributed by atoms with Crippen LogP contribution in [0, 0.1) is 0 Å². The molecule has 1 amide bonds. The van der Waals surface area contributed by atoms with Gasteiger partial charge in [-0.1, -0.05) is 6.07 Å². The largest absolute Gasteiger partial charge is 0.497 e. The molecule has 0 aliphatic carbocycles. The first-order valence-corrected chi connectivity index (χ1v) is 7.78. The number of hydrogen-bond donors (Lipinski definition) is 3. The summed E-state index contributed by atoms with van der Waals surface area (Å²) in [7, 11) is 1.62. The second kappa shape index (κ2) is 9.17. The van der Waals surface area contributed by atoms with Crippen LogP contribution in [0.5, 0.6) is 11.5 Å². The van der Waals surface area contributed by atoms with E-state index in [0.29, 0.717) is 30.5 Å². The van der Waals surface area contributed by atoms with Crippen LogP contribution in [0.4, 0.5) is 11.4 Å². The van der Waals surface area contributed by atoms with Crippen molar-refractivity contribution >= 4 is 23.2 Å². The molecule has 4 N–H and O–H groups in total. The molecular weight excluding hydrogens is 320 g/mol. The number of methoxy groups -OCH3 is 1. The van der Waals surface area contributed by atoms with Crippen molar-refractivity contribution in [2.24, 2.45) is 10.7 Å². The zero-order chi connectivity index (χ0) is 18.1. The highest BCUT2D eigenvalue weighted by atomic mass is 16.5. The third-order valence-corrected chi connectivity index (χ3v) is 3.16. The van der Waals surface area contributed by atoms with Gasteiger partial charge in [0.2, 0.25) is 5.91 Å². The third kappa shape index (κ3) is 6.42. The monoisotopic (exact) mass is 342 g/mol. The number of nitrogens with zero attached hydrogens (tertiary/aromatic N) is 1. The zero-order valence-electron chi connectivity index (χ0n) is 14.3. The molecule has 0 heterocycles. The molecule has 0 aliphatic heterocycles. The molecule has 0 unspecified atom stereocenters. The number of hydrogen-bond acceptors (Lipinski definition) is 4. The number of carbonyl (C=O) groups excluding carboxylic acids is 1. The smallest absolute Gasteiger partial charge is 0.221 e. The average Bonchev–Trinajstić information content (AvgIpc) is 2.59. The summed E-state index contributed by atoms with van der Waals surface area (Å²) in [5.41, 5.74) is 7.35. The number of guanidine groups is 1. The van der Waals surface area contributed by atoms with Crippen molar-refractivity contribution in [1.29, 1.82) is 0 Å². The highest BCUT2D eigenvalue weighted by Gasteiger charge is 1.99. The minimum Gasteiger partial charge on any atom is -0.497 e. The van der Waals surface area contributed by atoms with E-state index in [1.165, 1.54) is 6.92 Å². The van der Waals surface area contributed by atoms with Crippen LogP contribution in [0.2, 0.25) is 0 Å². The maximum Gasteiger partial charge on any atom is 0.221 e. The van der Waals surface area contributed by atoms with Crippen molar-refractivity contribution in [1.82, 2.24) is 0 Å². The summed E-state index contributed by atoms with van der Waals surface area (Å²) in [6.07, 6.45) is 0. The second-order valence-electron chi connectivity index (χ2n) is 5.18. The van der Waals surface area contributed by atoms with Crippen LogP contribution in [0.3, 0.4) is 0 Å². The van der Waals surface area contributed by atoms with Crippen LogP contribution >= 0.6 is 0 Å². The lowest BCUT2D eigenvalue weighted by molar-refractivity contribution is -0.114. The number of nitrogens with one attached hydrogen (secondary N) is 2. The predicted molar refractivity (Wildman–Crippen MR) is 99.3 cm³/mol. The van der Waals surface area contributed by atoms with Gasteiger partial charge in [0, 0.05) is 24.4 Å². The number of carbonyl (C=O) groups is 1. The molecule has 132 valence electrons. The van der Waals surface area contributed by atoms with Crippen LogP contribution in [0.25, 0.3) is 0 Å². The number of nitrogens with two attached hydrogens (primary N) is 1. The Bertz CT molecular complexity index is 729. The third-order valence-electron chi connectivity index (χ3n) is 3.16. The summed E-state index contributed by atoms with van der Waals surface area (Å²) in [5.74, 6) is 1.61. The molecule has 0 spiro atoms. The molecule has 7 nitrogen and oxygen atoms in total. The van der Waals surface area contributed by atoms with Gasteiger partial charge >= 0.3 is 0 Å². The Kier molecular flexibility index (Phi) is 6.65. The lowest BCUT2D eigenvalue weighted by atomic mass is 10.3. The fourth-order valence-electron chi connectivity index (χ4n) is 2.06. The van der Waals surface area contributed by atoms with E-state index in [4.69, 9.17) is 15.2 Å². The molecule has 0 aliphatic rings. The summed E-state index contributed by atoms with van der Waals surface area (Å²) >= 11 is 0. The summed E-state index contributed by atoms with van der Waals surface area (Å²) in [6.45, 7) is 2.23. The van der Waals surface area contributed by atoms with E-state index in [-0.39, 0.29) is 5.91 Å². The summed E-state index contributed by atoms with van der Waals surface area (Å²) in [4.78, 5) is 15.3. The number of benzene rings is 2. The van der Waals surface area contributed by atoms with Gasteiger partial charge in [-0.2, -0.15) is 0 Å². The van der Waals surface area contributed by atoms with E-state index in [0.717, 1.165) is 11.4 Å². The van der Waals surface area contributed by atoms with Gasteiger partial charge in [-0.25, -0.2) is 4.99 Å². The van der Waals surface area contributed by atoms with Crippen LogP contribution in [-0.4, -0.2) is 32.1 Å². The van der Waals surface area contributed by atoms with E-state index in [9.17, 15) is 4.79 Å². The van der Waals surface area contributed by atoms with Gasteiger partial charge in [0.15, 0.2) is 5.96 Å². The fraction of sp³-hybridized carbons (Fsp3) is 0.222. The molecule has 0 aromatic heterocycles. The van der Waals surface area contributed by atoms with Crippen molar-refractivity contribution in [3.63, 3.8) is 0 Å². The number of ether oxygens (including phenoxy) is 2. The molecule has 2 rings (SSSR count). The van der Waals surface area contributed by atoms with Crippen LogP contribution in [0.1, 0.15) is 6.92 Å². The fourth-order valence-corrected chi connectivity index (χ4v) is 2.06. The molecular formula is C18H22N4O3. The van der Waals surface area contributed by atoms with Gasteiger partial charge < -0.3 is 25.8 Å². The van der Waals surface area contributed by atoms with E-state index < -0.39 is 0 Å². The first-order chi connectivity index (χ1) is 12.1. The maximum absolute atomic E-state index is 11.0. The Morgan fingerprint density at radius 1 is 1.08 bits per heavy atom. The lowest BCUT2D eigenvalue weighted by Crippen LogP contribution is -2.23. The highest BCUT2D eigenvalue weighted by Crippen LogP contribution is 2.17. The van der Waals surface area contributed by atoms with Gasteiger partial charge in [-0.15, -0.1) is 0 Å². The van der Waals surface area contributed by atoms with Crippen LogP contribution in [0.15, 0.2) is 53.5 Å². The summed E-state index contributed by atoms with van der Waals surface area (Å²) < 4.78 is 10.7. The summed E-state index contributed by atoms with van der Waals surface area (Å²) in [5, 5.41) is 5.70. The molecule has 0 atom stereocenters. The average molecular weight is 342 g/mol. The maximum atomic E-state index is 11.0. The Balaban J connectivity index is 1.78. The molecule has 0 fully saturated rings. The number of anilines is 2. The predicted octanol–water partition coefficient (Wildman–Crippen LogP) is 2.46. The Hall–Kier alpha value is -3.22. The Morgan fingerprint density at radius 3 is 2.52 bits per heavy atom. The SMILES string of the molecule is COc1ccc(NC(N)=NCCOc2cccc(NC(C)=O)c2)cc1.